The summed E-state index contributed by atoms with van der Waals surface area (Å²) in [5.41, 5.74) is 6.25. The SMILES string of the molecule is COc1cccc(NC(C(N)=O)c2sccc2Br)c1. The Morgan fingerprint density at radius 1 is 1.47 bits per heavy atom. The van der Waals surface area contributed by atoms with Crippen molar-refractivity contribution in [3.63, 3.8) is 0 Å². The number of hydrogen-bond acceptors (Lipinski definition) is 4. The van der Waals surface area contributed by atoms with Gasteiger partial charge in [-0.25, -0.2) is 0 Å². The molecule has 3 N–H and O–H groups in total. The van der Waals surface area contributed by atoms with Crippen LogP contribution in [0.1, 0.15) is 10.9 Å². The van der Waals surface area contributed by atoms with Crippen molar-refractivity contribution in [2.75, 3.05) is 12.4 Å². The van der Waals surface area contributed by atoms with Gasteiger partial charge in [-0.15, -0.1) is 11.3 Å². The standard InChI is InChI=1S/C13H13BrN2O2S/c1-18-9-4-2-3-8(7-9)16-11(13(15)17)12-10(14)5-6-19-12/h2-7,11,16H,1H3,(H2,15,17). The zero-order chi connectivity index (χ0) is 13.8. The van der Waals surface area contributed by atoms with Crippen LogP contribution in [0.15, 0.2) is 40.2 Å². The molecule has 6 heteroatoms. The third-order valence-corrected chi connectivity index (χ3v) is 4.51. The fourth-order valence-electron chi connectivity index (χ4n) is 1.66. The monoisotopic (exact) mass is 340 g/mol. The summed E-state index contributed by atoms with van der Waals surface area (Å²) in [6.07, 6.45) is 0. The molecule has 4 nitrogen and oxygen atoms in total. The van der Waals surface area contributed by atoms with Crippen LogP contribution < -0.4 is 15.8 Å². The number of nitrogens with two attached hydrogens (primary N) is 1. The molecule has 100 valence electrons. The van der Waals surface area contributed by atoms with Crippen LogP contribution in [0.2, 0.25) is 0 Å². The zero-order valence-corrected chi connectivity index (χ0v) is 12.6. The Hall–Kier alpha value is -1.53. The summed E-state index contributed by atoms with van der Waals surface area (Å²) in [6.45, 7) is 0. The van der Waals surface area contributed by atoms with Crippen molar-refractivity contribution in [3.05, 3.63) is 45.1 Å². The Bertz CT molecular complexity index is 586. The zero-order valence-electron chi connectivity index (χ0n) is 10.2. The van der Waals surface area contributed by atoms with E-state index in [1.165, 1.54) is 11.3 Å². The predicted molar refractivity (Wildman–Crippen MR) is 80.6 cm³/mol. The van der Waals surface area contributed by atoms with E-state index in [-0.39, 0.29) is 0 Å². The lowest BCUT2D eigenvalue weighted by molar-refractivity contribution is -0.118. The third-order valence-electron chi connectivity index (χ3n) is 2.57. The van der Waals surface area contributed by atoms with Crippen LogP contribution in [-0.2, 0) is 4.79 Å². The largest absolute Gasteiger partial charge is 0.497 e. The molecule has 0 saturated heterocycles. The number of ether oxygens (including phenoxy) is 1. The van der Waals surface area contributed by atoms with Crippen molar-refractivity contribution in [1.82, 2.24) is 0 Å². The summed E-state index contributed by atoms with van der Waals surface area (Å²) in [4.78, 5) is 12.5. The number of anilines is 1. The summed E-state index contributed by atoms with van der Waals surface area (Å²) in [5.74, 6) is 0.296. The van der Waals surface area contributed by atoms with Crippen molar-refractivity contribution in [1.29, 1.82) is 0 Å². The van der Waals surface area contributed by atoms with Gasteiger partial charge < -0.3 is 15.8 Å². The first-order valence-electron chi connectivity index (χ1n) is 5.54. The molecule has 1 atom stereocenters. The number of carbonyl (C=O) groups excluding carboxylic acids is 1. The second-order valence-corrected chi connectivity index (χ2v) is 5.65. The maximum absolute atomic E-state index is 11.6. The van der Waals surface area contributed by atoms with Crippen LogP contribution in [0.3, 0.4) is 0 Å². The predicted octanol–water partition coefficient (Wildman–Crippen LogP) is 3.16. The number of nitrogens with one attached hydrogen (secondary N) is 1. The summed E-state index contributed by atoms with van der Waals surface area (Å²) >= 11 is 4.89. The maximum Gasteiger partial charge on any atom is 0.245 e. The molecule has 1 unspecified atom stereocenters. The average Bonchev–Trinajstić information content (AvgIpc) is 2.82. The van der Waals surface area contributed by atoms with E-state index in [0.717, 1.165) is 20.8 Å². The summed E-state index contributed by atoms with van der Waals surface area (Å²) in [6, 6.07) is 8.69. The normalized spacial score (nSPS) is 11.9. The molecule has 0 aliphatic carbocycles. The molecule has 0 spiro atoms. The molecule has 0 bridgehead atoms. The van der Waals surface area contributed by atoms with E-state index < -0.39 is 11.9 Å². The van der Waals surface area contributed by atoms with Gasteiger partial charge in [0, 0.05) is 16.2 Å². The molecule has 0 saturated carbocycles. The van der Waals surface area contributed by atoms with E-state index in [4.69, 9.17) is 10.5 Å². The third kappa shape index (κ3) is 3.27. The van der Waals surface area contributed by atoms with Crippen molar-refractivity contribution in [2.45, 2.75) is 6.04 Å². The number of rotatable bonds is 5. The fraction of sp³-hybridized carbons (Fsp3) is 0.154. The summed E-state index contributed by atoms with van der Waals surface area (Å²) in [5, 5.41) is 5.03. The Balaban J connectivity index is 2.27. The minimum Gasteiger partial charge on any atom is -0.497 e. The number of carbonyl (C=O) groups is 1. The van der Waals surface area contributed by atoms with E-state index in [0.29, 0.717) is 0 Å². The van der Waals surface area contributed by atoms with Gasteiger partial charge in [0.1, 0.15) is 11.8 Å². The Labute approximate surface area is 123 Å². The van der Waals surface area contributed by atoms with Gasteiger partial charge in [0.25, 0.3) is 0 Å². The molecule has 1 heterocycles. The number of primary amides is 1. The second kappa shape index (κ2) is 6.08. The van der Waals surface area contributed by atoms with Gasteiger partial charge in [0.2, 0.25) is 5.91 Å². The smallest absolute Gasteiger partial charge is 0.245 e. The van der Waals surface area contributed by atoms with Crippen molar-refractivity contribution in [3.8, 4) is 5.75 Å². The summed E-state index contributed by atoms with van der Waals surface area (Å²) in [7, 11) is 1.60. The highest BCUT2D eigenvalue weighted by Crippen LogP contribution is 2.31. The molecule has 0 fully saturated rings. The minimum absolute atomic E-state index is 0.425. The quantitative estimate of drug-likeness (QED) is 0.878. The Morgan fingerprint density at radius 2 is 2.26 bits per heavy atom. The van der Waals surface area contributed by atoms with E-state index >= 15 is 0 Å². The number of thiophene rings is 1. The summed E-state index contributed by atoms with van der Waals surface area (Å²) < 4.78 is 6.02. The number of halogens is 1. The molecule has 0 aliphatic heterocycles. The highest BCUT2D eigenvalue weighted by Gasteiger charge is 2.21. The first-order valence-corrected chi connectivity index (χ1v) is 7.22. The number of hydrogen-bond donors (Lipinski definition) is 2. The van der Waals surface area contributed by atoms with Crippen LogP contribution in [0.25, 0.3) is 0 Å². The van der Waals surface area contributed by atoms with Gasteiger partial charge in [-0.2, -0.15) is 0 Å². The highest BCUT2D eigenvalue weighted by atomic mass is 79.9. The molecule has 2 aromatic rings. The van der Waals surface area contributed by atoms with Crippen LogP contribution in [0.5, 0.6) is 5.75 Å². The molecule has 0 radical (unpaired) electrons. The van der Waals surface area contributed by atoms with Crippen molar-refractivity contribution >= 4 is 38.9 Å². The Kier molecular flexibility index (Phi) is 4.44. The van der Waals surface area contributed by atoms with Gasteiger partial charge in [-0.3, -0.25) is 4.79 Å². The first-order chi connectivity index (χ1) is 9.11. The average molecular weight is 341 g/mol. The van der Waals surface area contributed by atoms with Gasteiger partial charge in [0.15, 0.2) is 0 Å². The van der Waals surface area contributed by atoms with Gasteiger partial charge in [0.05, 0.1) is 12.0 Å². The molecule has 19 heavy (non-hydrogen) atoms. The van der Waals surface area contributed by atoms with Crippen LogP contribution in [0, 0.1) is 0 Å². The molecular formula is C13H13BrN2O2S. The van der Waals surface area contributed by atoms with Gasteiger partial charge >= 0.3 is 0 Å². The number of methoxy groups -OCH3 is 1. The highest BCUT2D eigenvalue weighted by molar-refractivity contribution is 9.10. The Morgan fingerprint density at radius 3 is 2.84 bits per heavy atom. The number of benzene rings is 1. The van der Waals surface area contributed by atoms with Gasteiger partial charge in [-0.05, 0) is 39.5 Å². The van der Waals surface area contributed by atoms with E-state index in [2.05, 4.69) is 21.2 Å². The lowest BCUT2D eigenvalue weighted by Crippen LogP contribution is -2.27. The van der Waals surface area contributed by atoms with Crippen molar-refractivity contribution < 1.29 is 9.53 Å². The lowest BCUT2D eigenvalue weighted by Gasteiger charge is -2.16. The molecular weight excluding hydrogens is 328 g/mol. The molecule has 2 rings (SSSR count). The van der Waals surface area contributed by atoms with Crippen LogP contribution >= 0.6 is 27.3 Å². The van der Waals surface area contributed by atoms with Crippen molar-refractivity contribution in [2.24, 2.45) is 5.73 Å². The van der Waals surface area contributed by atoms with Crippen LogP contribution in [-0.4, -0.2) is 13.0 Å². The maximum atomic E-state index is 11.6. The lowest BCUT2D eigenvalue weighted by atomic mass is 10.2. The van der Waals surface area contributed by atoms with E-state index in [1.54, 1.807) is 7.11 Å². The topological polar surface area (TPSA) is 64.3 Å². The molecule has 1 aromatic carbocycles. The van der Waals surface area contributed by atoms with E-state index in [1.807, 2.05) is 35.7 Å². The molecule has 1 aromatic heterocycles. The van der Waals surface area contributed by atoms with Crippen LogP contribution in [0.4, 0.5) is 5.69 Å². The van der Waals surface area contributed by atoms with E-state index in [9.17, 15) is 4.79 Å². The second-order valence-electron chi connectivity index (χ2n) is 3.84. The minimum atomic E-state index is -0.568. The first kappa shape index (κ1) is 13.9. The fourth-order valence-corrected chi connectivity index (χ4v) is 3.32. The number of amides is 1. The molecule has 1 amide bonds. The molecule has 0 aliphatic rings. The van der Waals surface area contributed by atoms with Gasteiger partial charge in [-0.1, -0.05) is 6.07 Å².